The summed E-state index contributed by atoms with van der Waals surface area (Å²) in [5.74, 6) is 0. The molecule has 0 saturated heterocycles. The molecule has 0 aromatic carbocycles. The van der Waals surface area contributed by atoms with Gasteiger partial charge in [0.1, 0.15) is 12.2 Å². The smallest absolute Gasteiger partial charge is 0.407 e. The Morgan fingerprint density at radius 1 is 0.478 bits per heavy atom. The Morgan fingerprint density at radius 2 is 0.761 bits per heavy atom. The first kappa shape index (κ1) is 44.3. The van der Waals surface area contributed by atoms with Gasteiger partial charge in [0, 0.05) is 29.0 Å². The zero-order valence-corrected chi connectivity index (χ0v) is 31.6. The van der Waals surface area contributed by atoms with Crippen molar-refractivity contribution in [1.82, 2.24) is 40.0 Å². The van der Waals surface area contributed by atoms with E-state index in [-0.39, 0.29) is 27.2 Å². The van der Waals surface area contributed by atoms with Crippen LogP contribution in [0.25, 0.3) is 0 Å². The molecule has 12 heteroatoms. The van der Waals surface area contributed by atoms with Crippen molar-refractivity contribution in [2.45, 2.75) is 77.4 Å². The normalized spacial score (nSPS) is 13.3. The van der Waals surface area contributed by atoms with Crippen LogP contribution in [0.5, 0.6) is 0 Å². The summed E-state index contributed by atoms with van der Waals surface area (Å²) in [7, 11) is 16.8. The van der Waals surface area contributed by atoms with Crippen molar-refractivity contribution < 1.29 is 21.9 Å². The maximum absolute atomic E-state index is 12.3. The number of nitrogens with one attached hydrogen (secondary N) is 2. The van der Waals surface area contributed by atoms with Gasteiger partial charge < -0.3 is 39.7 Å². The summed E-state index contributed by atoms with van der Waals surface area (Å²) in [5.41, 5.74) is 0. The second-order valence-electron chi connectivity index (χ2n) is 13.9. The van der Waals surface area contributed by atoms with E-state index in [1.165, 1.54) is 0 Å². The van der Waals surface area contributed by atoms with Crippen LogP contribution in [0.4, 0.5) is 9.59 Å². The number of rotatable bonds is 29. The van der Waals surface area contributed by atoms with Gasteiger partial charge >= 0.3 is 12.2 Å². The zero-order chi connectivity index (χ0) is 34.7. The van der Waals surface area contributed by atoms with E-state index in [9.17, 15) is 9.59 Å². The van der Waals surface area contributed by atoms with Crippen LogP contribution in [0.3, 0.4) is 0 Å². The second-order valence-corrected chi connectivity index (χ2v) is 13.9. The van der Waals surface area contributed by atoms with Gasteiger partial charge in [-0.15, -0.1) is 0 Å². The fourth-order valence-corrected chi connectivity index (χ4v) is 5.27. The second kappa shape index (κ2) is 28.3. The van der Waals surface area contributed by atoms with Gasteiger partial charge in [-0.2, -0.15) is 0 Å². The first-order valence-corrected chi connectivity index (χ1v) is 17.7. The van der Waals surface area contributed by atoms with Crippen LogP contribution in [-0.2, 0) is 9.47 Å². The molecule has 0 rings (SSSR count). The van der Waals surface area contributed by atoms with Crippen molar-refractivity contribution in [3.05, 3.63) is 0 Å². The lowest BCUT2D eigenvalue weighted by molar-refractivity contribution is 0.0766. The average molecular weight is 663 g/mol. The quantitative estimate of drug-likeness (QED) is 0.116. The molecule has 0 fully saturated rings. The highest BCUT2D eigenvalue weighted by Gasteiger charge is 2.16. The maximum Gasteiger partial charge on any atom is 0.407 e. The molecular weight excluding hydrogens is 584 g/mol. The van der Waals surface area contributed by atoms with E-state index < -0.39 is 0 Å². The standard InChI is InChI=1S/C34H74N8O4.2H2/c1-31(29-41(25-15-21-37(3)4)26-16-22-38(5)6)45-33(43)35-19-13-11-12-14-20-36-34(44)46-32(2)30-42(27-17-23-39(7)8)28-18-24-40(9)10;;/h31-32H,11-30H2,1-10H3,(H,35,43)(H,36,44);2*1H. The van der Waals surface area contributed by atoms with Gasteiger partial charge in [0.2, 0.25) is 0 Å². The Labute approximate surface area is 286 Å². The molecule has 0 aromatic heterocycles. The van der Waals surface area contributed by atoms with Crippen molar-refractivity contribution in [2.75, 3.05) is 135 Å². The van der Waals surface area contributed by atoms with Gasteiger partial charge in [-0.25, -0.2) is 9.59 Å². The molecule has 0 aromatic rings. The van der Waals surface area contributed by atoms with Gasteiger partial charge in [0.05, 0.1) is 0 Å². The predicted octanol–water partition coefficient (Wildman–Crippen LogP) is 3.68. The monoisotopic (exact) mass is 663 g/mol. The van der Waals surface area contributed by atoms with E-state index in [2.05, 4.69) is 96.4 Å². The molecule has 0 radical (unpaired) electrons. The number of nitrogens with zero attached hydrogens (tertiary/aromatic N) is 6. The first-order chi connectivity index (χ1) is 21.8. The molecule has 278 valence electrons. The lowest BCUT2D eigenvalue weighted by atomic mass is 10.2. The number of hydrogen-bond donors (Lipinski definition) is 2. The number of carbonyl (C=O) groups excluding carboxylic acids is 2. The molecule has 0 aliphatic carbocycles. The van der Waals surface area contributed by atoms with Crippen LogP contribution < -0.4 is 10.6 Å². The van der Waals surface area contributed by atoms with Crippen LogP contribution in [-0.4, -0.2) is 189 Å². The Balaban J connectivity index is -0.0000101. The molecule has 2 amide bonds. The first-order valence-electron chi connectivity index (χ1n) is 17.7. The van der Waals surface area contributed by atoms with E-state index in [0.29, 0.717) is 13.1 Å². The van der Waals surface area contributed by atoms with Crippen molar-refractivity contribution in [2.24, 2.45) is 0 Å². The molecule has 12 nitrogen and oxygen atoms in total. The fourth-order valence-electron chi connectivity index (χ4n) is 5.27. The number of amides is 2. The molecule has 2 N–H and O–H groups in total. The number of ether oxygens (including phenoxy) is 2. The third kappa shape index (κ3) is 29.7. The number of hydrogen-bond acceptors (Lipinski definition) is 10. The minimum Gasteiger partial charge on any atom is -0.445 e. The van der Waals surface area contributed by atoms with Crippen LogP contribution >= 0.6 is 0 Å². The van der Waals surface area contributed by atoms with E-state index in [0.717, 1.165) is 117 Å². The zero-order valence-electron chi connectivity index (χ0n) is 31.6. The van der Waals surface area contributed by atoms with Crippen molar-refractivity contribution in [3.8, 4) is 0 Å². The summed E-state index contributed by atoms with van der Waals surface area (Å²) in [4.78, 5) is 38.3. The highest BCUT2D eigenvalue weighted by atomic mass is 16.6. The minimum absolute atomic E-state index is 0. The number of alkyl carbamates (subject to hydrolysis) is 2. The van der Waals surface area contributed by atoms with Crippen LogP contribution in [0.15, 0.2) is 0 Å². The average Bonchev–Trinajstić information content (AvgIpc) is 2.93. The van der Waals surface area contributed by atoms with Gasteiger partial charge in [0.15, 0.2) is 0 Å². The molecule has 2 atom stereocenters. The van der Waals surface area contributed by atoms with Crippen LogP contribution in [0, 0.1) is 0 Å². The molecule has 2 unspecified atom stereocenters. The van der Waals surface area contributed by atoms with Crippen LogP contribution in [0.1, 0.15) is 68.1 Å². The highest BCUT2D eigenvalue weighted by molar-refractivity contribution is 5.67. The van der Waals surface area contributed by atoms with E-state index in [1.807, 2.05) is 13.8 Å². The third-order valence-electron chi connectivity index (χ3n) is 7.61. The third-order valence-corrected chi connectivity index (χ3v) is 7.61. The molecule has 0 aliphatic rings. The Kier molecular flexibility index (Phi) is 27.3. The molecule has 0 heterocycles. The molecule has 0 bridgehead atoms. The summed E-state index contributed by atoms with van der Waals surface area (Å²) in [6.45, 7) is 14.8. The minimum atomic E-state index is -0.346. The van der Waals surface area contributed by atoms with Gasteiger partial charge in [-0.1, -0.05) is 12.8 Å². The van der Waals surface area contributed by atoms with Crippen molar-refractivity contribution in [3.63, 3.8) is 0 Å². The summed E-state index contributed by atoms with van der Waals surface area (Å²) in [5, 5.41) is 5.79. The number of unbranched alkanes of at least 4 members (excludes halogenated alkanes) is 3. The fraction of sp³-hybridized carbons (Fsp3) is 0.941. The molecule has 0 spiro atoms. The summed E-state index contributed by atoms with van der Waals surface area (Å²) in [6, 6.07) is 0. The van der Waals surface area contributed by atoms with Crippen LogP contribution in [0.2, 0.25) is 0 Å². The van der Waals surface area contributed by atoms with Crippen molar-refractivity contribution in [1.29, 1.82) is 0 Å². The largest absolute Gasteiger partial charge is 0.445 e. The molecule has 0 saturated carbocycles. The highest BCUT2D eigenvalue weighted by Crippen LogP contribution is 2.05. The summed E-state index contributed by atoms with van der Waals surface area (Å²) in [6.07, 6.45) is 7.06. The topological polar surface area (TPSA) is 96.1 Å². The molecule has 0 aliphatic heterocycles. The van der Waals surface area contributed by atoms with E-state index >= 15 is 0 Å². The lowest BCUT2D eigenvalue weighted by Gasteiger charge is -2.27. The van der Waals surface area contributed by atoms with E-state index in [4.69, 9.17) is 9.47 Å². The Hall–Kier alpha value is -1.70. The summed E-state index contributed by atoms with van der Waals surface area (Å²) >= 11 is 0. The lowest BCUT2D eigenvalue weighted by Crippen LogP contribution is -2.38. The SMILES string of the molecule is CC(CN(CCCN(C)C)CCCN(C)C)OC(=O)NCCCCCCNC(=O)OC(C)CN(CCCN(C)C)CCCN(C)C.[HH].[HH]. The maximum atomic E-state index is 12.3. The predicted molar refractivity (Wildman–Crippen MR) is 196 cm³/mol. The molecule has 46 heavy (non-hydrogen) atoms. The van der Waals surface area contributed by atoms with Gasteiger partial charge in [-0.05, 0) is 161 Å². The molecular formula is C34H78N8O4. The summed E-state index contributed by atoms with van der Waals surface area (Å²) < 4.78 is 11.3. The van der Waals surface area contributed by atoms with Crippen molar-refractivity contribution >= 4 is 12.2 Å². The van der Waals surface area contributed by atoms with Gasteiger partial charge in [0.25, 0.3) is 0 Å². The number of carbonyl (C=O) groups is 2. The Bertz CT molecular complexity index is 666. The van der Waals surface area contributed by atoms with E-state index in [1.54, 1.807) is 0 Å². The van der Waals surface area contributed by atoms with Gasteiger partial charge in [-0.3, -0.25) is 9.80 Å². The Morgan fingerprint density at radius 3 is 1.02 bits per heavy atom.